The van der Waals surface area contributed by atoms with Gasteiger partial charge in [0.2, 0.25) is 5.91 Å². The Morgan fingerprint density at radius 1 is 1.62 bits per heavy atom. The molecular formula is C11H13BrN2O2. The lowest BCUT2D eigenvalue weighted by Gasteiger charge is -2.15. The van der Waals surface area contributed by atoms with Crippen LogP contribution >= 0.6 is 15.9 Å². The normalized spacial score (nSPS) is 20.1. The molecule has 1 aliphatic heterocycles. The summed E-state index contributed by atoms with van der Waals surface area (Å²) in [7, 11) is 0. The molecule has 0 aromatic carbocycles. The first-order chi connectivity index (χ1) is 7.65. The molecule has 0 unspecified atom stereocenters. The monoisotopic (exact) mass is 284 g/mol. The number of carbonyl (C=O) groups is 1. The molecule has 2 rings (SSSR count). The molecule has 1 fully saturated rings. The number of hydrogen-bond acceptors (Lipinski definition) is 3. The first-order valence-corrected chi connectivity index (χ1v) is 6.00. The van der Waals surface area contributed by atoms with Gasteiger partial charge in [-0.2, -0.15) is 0 Å². The highest BCUT2D eigenvalue weighted by molar-refractivity contribution is 9.10. The molecule has 1 aliphatic rings. The number of aliphatic hydroxyl groups excluding tert-OH is 1. The maximum atomic E-state index is 11.8. The summed E-state index contributed by atoms with van der Waals surface area (Å²) in [5.74, 6) is 0.0523. The molecule has 1 N–H and O–H groups in total. The van der Waals surface area contributed by atoms with Crippen LogP contribution in [0.4, 0.5) is 0 Å². The quantitative estimate of drug-likeness (QED) is 0.881. The summed E-state index contributed by atoms with van der Waals surface area (Å²) in [4.78, 5) is 17.6. The molecule has 1 aromatic heterocycles. The molecule has 5 heteroatoms. The number of β-amino-alcohol motifs (C(OH)–C–C–N with tert-alkyl or cyclic N) is 1. The number of rotatable bonds is 2. The average molecular weight is 285 g/mol. The number of amides is 1. The Kier molecular flexibility index (Phi) is 3.56. The van der Waals surface area contributed by atoms with Crippen molar-refractivity contribution in [2.24, 2.45) is 0 Å². The molecule has 0 saturated carbocycles. The van der Waals surface area contributed by atoms with E-state index in [9.17, 15) is 9.90 Å². The number of carbonyl (C=O) groups excluding carboxylic acids is 1. The second-order valence-electron chi connectivity index (χ2n) is 3.97. The zero-order valence-corrected chi connectivity index (χ0v) is 10.4. The minimum Gasteiger partial charge on any atom is -0.391 e. The van der Waals surface area contributed by atoms with Crippen LogP contribution in [0.25, 0.3) is 0 Å². The fraction of sp³-hybridized carbons (Fsp3) is 0.455. The predicted molar refractivity (Wildman–Crippen MR) is 62.8 cm³/mol. The van der Waals surface area contributed by atoms with E-state index in [1.807, 2.05) is 6.07 Å². The number of pyridine rings is 1. The Hall–Kier alpha value is -0.940. The average Bonchev–Trinajstić information content (AvgIpc) is 2.65. The summed E-state index contributed by atoms with van der Waals surface area (Å²) in [6.45, 7) is 1.11. The van der Waals surface area contributed by atoms with Gasteiger partial charge in [-0.15, -0.1) is 0 Å². The lowest BCUT2D eigenvalue weighted by molar-refractivity contribution is -0.129. The van der Waals surface area contributed by atoms with Gasteiger partial charge in [-0.1, -0.05) is 0 Å². The van der Waals surface area contributed by atoms with Gasteiger partial charge in [0, 0.05) is 30.0 Å². The van der Waals surface area contributed by atoms with Crippen molar-refractivity contribution in [3.8, 4) is 0 Å². The molecular weight excluding hydrogens is 272 g/mol. The van der Waals surface area contributed by atoms with E-state index in [-0.39, 0.29) is 12.0 Å². The van der Waals surface area contributed by atoms with Crippen LogP contribution in [0.5, 0.6) is 0 Å². The first-order valence-electron chi connectivity index (χ1n) is 5.20. The lowest BCUT2D eigenvalue weighted by atomic mass is 10.2. The Morgan fingerprint density at radius 2 is 2.44 bits per heavy atom. The van der Waals surface area contributed by atoms with Gasteiger partial charge in [-0.25, -0.2) is 0 Å². The molecule has 4 nitrogen and oxygen atoms in total. The third-order valence-corrected chi connectivity index (χ3v) is 3.07. The zero-order valence-electron chi connectivity index (χ0n) is 8.77. The number of nitrogens with zero attached hydrogens (tertiary/aromatic N) is 2. The van der Waals surface area contributed by atoms with Crippen LogP contribution in [0.3, 0.4) is 0 Å². The molecule has 0 bridgehead atoms. The Bertz CT molecular complexity index is 397. The fourth-order valence-corrected chi connectivity index (χ4v) is 2.22. The molecule has 2 heterocycles. The summed E-state index contributed by atoms with van der Waals surface area (Å²) in [5, 5.41) is 9.34. The molecule has 86 valence electrons. The van der Waals surface area contributed by atoms with Gasteiger partial charge in [0.15, 0.2) is 0 Å². The van der Waals surface area contributed by atoms with Gasteiger partial charge in [0.25, 0.3) is 0 Å². The minimum absolute atomic E-state index is 0.0523. The Morgan fingerprint density at radius 3 is 3.06 bits per heavy atom. The highest BCUT2D eigenvalue weighted by Crippen LogP contribution is 2.13. The van der Waals surface area contributed by atoms with E-state index in [1.165, 1.54) is 0 Å². The van der Waals surface area contributed by atoms with Crippen LogP contribution in [-0.4, -0.2) is 40.1 Å². The van der Waals surface area contributed by atoms with Gasteiger partial charge in [-0.05, 0) is 34.0 Å². The van der Waals surface area contributed by atoms with Crippen molar-refractivity contribution < 1.29 is 9.90 Å². The molecule has 1 atom stereocenters. The predicted octanol–water partition coefficient (Wildman–Crippen LogP) is 0.980. The maximum absolute atomic E-state index is 11.8. The van der Waals surface area contributed by atoms with Crippen LogP contribution in [-0.2, 0) is 11.2 Å². The first kappa shape index (κ1) is 11.5. The molecule has 1 saturated heterocycles. The lowest BCUT2D eigenvalue weighted by Crippen LogP contribution is -2.30. The zero-order chi connectivity index (χ0) is 11.5. The topological polar surface area (TPSA) is 53.4 Å². The van der Waals surface area contributed by atoms with Gasteiger partial charge in [0.1, 0.15) is 0 Å². The maximum Gasteiger partial charge on any atom is 0.227 e. The molecule has 0 radical (unpaired) electrons. The van der Waals surface area contributed by atoms with E-state index in [0.717, 1.165) is 10.0 Å². The molecule has 1 amide bonds. The van der Waals surface area contributed by atoms with Crippen LogP contribution in [0, 0.1) is 0 Å². The van der Waals surface area contributed by atoms with Crippen molar-refractivity contribution in [3.05, 3.63) is 28.5 Å². The largest absolute Gasteiger partial charge is 0.391 e. The second kappa shape index (κ2) is 4.93. The Balaban J connectivity index is 1.97. The number of halogens is 1. The molecule has 0 aliphatic carbocycles. The van der Waals surface area contributed by atoms with E-state index in [1.54, 1.807) is 17.3 Å². The third-order valence-electron chi connectivity index (χ3n) is 2.63. The summed E-state index contributed by atoms with van der Waals surface area (Å²) < 4.78 is 0.874. The highest BCUT2D eigenvalue weighted by Gasteiger charge is 2.24. The summed E-state index contributed by atoms with van der Waals surface area (Å²) >= 11 is 3.32. The van der Waals surface area contributed by atoms with Crippen molar-refractivity contribution in [1.82, 2.24) is 9.88 Å². The van der Waals surface area contributed by atoms with Crippen molar-refractivity contribution in [2.45, 2.75) is 18.9 Å². The second-order valence-corrected chi connectivity index (χ2v) is 4.89. The van der Waals surface area contributed by atoms with Crippen molar-refractivity contribution >= 4 is 21.8 Å². The molecule has 1 aromatic rings. The SMILES string of the molecule is O=C(Cc1cncc(Br)c1)N1CC[C@@H](O)C1. The third kappa shape index (κ3) is 2.80. The summed E-state index contributed by atoms with van der Waals surface area (Å²) in [6, 6.07) is 1.89. The van der Waals surface area contributed by atoms with Crippen molar-refractivity contribution in [2.75, 3.05) is 13.1 Å². The summed E-state index contributed by atoms with van der Waals surface area (Å²) in [5.41, 5.74) is 0.890. The van der Waals surface area contributed by atoms with Gasteiger partial charge in [0.05, 0.1) is 12.5 Å². The van der Waals surface area contributed by atoms with E-state index in [0.29, 0.717) is 25.9 Å². The molecule has 16 heavy (non-hydrogen) atoms. The van der Waals surface area contributed by atoms with Gasteiger partial charge >= 0.3 is 0 Å². The number of likely N-dealkylation sites (tertiary alicyclic amines) is 1. The molecule has 0 spiro atoms. The van der Waals surface area contributed by atoms with Crippen LogP contribution in [0.15, 0.2) is 22.9 Å². The van der Waals surface area contributed by atoms with E-state index in [4.69, 9.17) is 0 Å². The standard InChI is InChI=1S/C11H13BrN2O2/c12-9-3-8(5-13-6-9)4-11(16)14-2-1-10(15)7-14/h3,5-6,10,15H,1-2,4,7H2/t10-/m1/s1. The van der Waals surface area contributed by atoms with Gasteiger partial charge < -0.3 is 10.0 Å². The number of aromatic nitrogens is 1. The van der Waals surface area contributed by atoms with Crippen LogP contribution in [0.2, 0.25) is 0 Å². The van der Waals surface area contributed by atoms with E-state index < -0.39 is 0 Å². The number of aliphatic hydroxyl groups is 1. The number of hydrogen-bond donors (Lipinski definition) is 1. The Labute approximate surface area is 102 Å². The van der Waals surface area contributed by atoms with Crippen LogP contribution < -0.4 is 0 Å². The van der Waals surface area contributed by atoms with Gasteiger partial charge in [-0.3, -0.25) is 9.78 Å². The fourth-order valence-electron chi connectivity index (χ4n) is 1.81. The minimum atomic E-state index is -0.357. The van der Waals surface area contributed by atoms with E-state index in [2.05, 4.69) is 20.9 Å². The summed E-state index contributed by atoms with van der Waals surface area (Å²) in [6.07, 6.45) is 4.05. The smallest absolute Gasteiger partial charge is 0.227 e. The van der Waals surface area contributed by atoms with Crippen molar-refractivity contribution in [1.29, 1.82) is 0 Å². The van der Waals surface area contributed by atoms with E-state index >= 15 is 0 Å². The van der Waals surface area contributed by atoms with Crippen molar-refractivity contribution in [3.63, 3.8) is 0 Å². The highest BCUT2D eigenvalue weighted by atomic mass is 79.9. The van der Waals surface area contributed by atoms with Crippen LogP contribution in [0.1, 0.15) is 12.0 Å².